The van der Waals surface area contributed by atoms with Crippen LogP contribution in [0, 0.1) is 11.8 Å². The van der Waals surface area contributed by atoms with Gasteiger partial charge in [0, 0.05) is 41.1 Å². The highest BCUT2D eigenvalue weighted by Crippen LogP contribution is 2.54. The first-order valence-corrected chi connectivity index (χ1v) is 15.6. The monoisotopic (exact) mass is 561 g/mol. The topological polar surface area (TPSA) is 22.1 Å². The van der Waals surface area contributed by atoms with Gasteiger partial charge in [-0.15, -0.1) is 6.58 Å². The molecule has 0 saturated carbocycles. The second kappa shape index (κ2) is 10.8. The molecule has 3 aliphatic heterocycles. The fourth-order valence-electron chi connectivity index (χ4n) is 8.36. The minimum Gasteiger partial charge on any atom is -0.363 e. The van der Waals surface area contributed by atoms with Crippen LogP contribution in [0.5, 0.6) is 0 Å². The van der Waals surface area contributed by atoms with Gasteiger partial charge in [0.15, 0.2) is 0 Å². The molecule has 0 N–H and O–H groups in total. The van der Waals surface area contributed by atoms with Gasteiger partial charge in [-0.3, -0.25) is 9.47 Å². The van der Waals surface area contributed by atoms with E-state index in [2.05, 4.69) is 128 Å². The molecule has 9 rings (SSSR count). The lowest BCUT2D eigenvalue weighted by Gasteiger charge is -2.58. The van der Waals surface area contributed by atoms with Gasteiger partial charge in [0.1, 0.15) is 17.8 Å². The Morgan fingerprint density at radius 2 is 1.49 bits per heavy atom. The summed E-state index contributed by atoms with van der Waals surface area (Å²) in [6, 6.07) is 42.0. The lowest BCUT2D eigenvalue weighted by atomic mass is 9.70. The van der Waals surface area contributed by atoms with Gasteiger partial charge in [0.2, 0.25) is 0 Å². The highest BCUT2D eigenvalue weighted by molar-refractivity contribution is 6.10. The number of para-hydroxylation sites is 1. The third-order valence-electron chi connectivity index (χ3n) is 10.3. The molecule has 1 aromatic heterocycles. The number of benzene rings is 5. The Hall–Kier alpha value is -4.31. The number of rotatable bonds is 7. The Labute approximate surface area is 253 Å². The lowest BCUT2D eigenvalue weighted by molar-refractivity contribution is -0.0752. The molecule has 3 saturated heterocycles. The van der Waals surface area contributed by atoms with E-state index in [1.165, 1.54) is 50.2 Å². The number of fused-ring (bicyclic) bond motifs is 6. The molecule has 6 aromatic rings. The Bertz CT molecular complexity index is 1890. The predicted octanol–water partition coefficient (Wildman–Crippen LogP) is 9.40. The number of nitrogens with zero attached hydrogens (tertiary/aromatic N) is 2. The van der Waals surface area contributed by atoms with E-state index in [1.807, 2.05) is 6.20 Å². The van der Waals surface area contributed by atoms with Crippen LogP contribution in [0.1, 0.15) is 30.1 Å². The average Bonchev–Trinajstić information content (AvgIpc) is 3.08. The highest BCUT2D eigenvalue weighted by Gasteiger charge is 2.56. The van der Waals surface area contributed by atoms with E-state index >= 15 is 0 Å². The van der Waals surface area contributed by atoms with Gasteiger partial charge in [-0.1, -0.05) is 91.0 Å². The van der Waals surface area contributed by atoms with E-state index in [4.69, 9.17) is 9.72 Å². The van der Waals surface area contributed by atoms with Crippen molar-refractivity contribution in [2.75, 3.05) is 13.1 Å². The number of hydrogen-bond acceptors (Lipinski definition) is 2. The first-order chi connectivity index (χ1) is 21.2. The van der Waals surface area contributed by atoms with Crippen molar-refractivity contribution >= 4 is 38.1 Å². The SMILES string of the molecule is C=C[C@H]1C[N@@+]2(c3c4ccccc4cc4ccccc34)CC[C@H]1C[C@@H]2[C@@H](OCc1ccccc1)c1ccnc2ccccc12. The van der Waals surface area contributed by atoms with Gasteiger partial charge < -0.3 is 4.74 Å². The van der Waals surface area contributed by atoms with Crippen LogP contribution in [0.3, 0.4) is 0 Å². The van der Waals surface area contributed by atoms with Crippen LogP contribution in [-0.4, -0.2) is 24.1 Å². The van der Waals surface area contributed by atoms with Crippen molar-refractivity contribution in [3.63, 3.8) is 0 Å². The molecule has 0 radical (unpaired) electrons. The smallest absolute Gasteiger partial charge is 0.149 e. The number of ether oxygens (including phenoxy) is 1. The van der Waals surface area contributed by atoms with E-state index in [1.54, 1.807) is 0 Å². The highest BCUT2D eigenvalue weighted by atomic mass is 16.5. The normalized spacial score (nSPS) is 24.0. The van der Waals surface area contributed by atoms with Gasteiger partial charge in [-0.25, -0.2) is 0 Å². The number of quaternary nitrogens is 1. The van der Waals surface area contributed by atoms with Gasteiger partial charge in [-0.05, 0) is 58.1 Å². The molecule has 3 fully saturated rings. The molecule has 0 spiro atoms. The number of hydrogen-bond donors (Lipinski definition) is 0. The van der Waals surface area contributed by atoms with Crippen molar-refractivity contribution in [1.82, 2.24) is 9.47 Å². The first kappa shape index (κ1) is 26.3. The number of pyridine rings is 1. The summed E-state index contributed by atoms with van der Waals surface area (Å²) in [5.41, 5.74) is 4.93. The summed E-state index contributed by atoms with van der Waals surface area (Å²) < 4.78 is 8.09. The van der Waals surface area contributed by atoms with E-state index in [9.17, 15) is 0 Å². The Kier molecular flexibility index (Phi) is 6.58. The molecular weight excluding hydrogens is 524 g/mol. The minimum absolute atomic E-state index is 0.0978. The lowest BCUT2D eigenvalue weighted by Crippen LogP contribution is -2.69. The van der Waals surface area contributed by atoms with E-state index in [0.717, 1.165) is 29.5 Å². The van der Waals surface area contributed by atoms with Crippen LogP contribution in [0.25, 0.3) is 32.4 Å². The zero-order chi connectivity index (χ0) is 28.8. The molecule has 2 bridgehead atoms. The number of piperidine rings is 3. The maximum Gasteiger partial charge on any atom is 0.149 e. The van der Waals surface area contributed by atoms with Gasteiger partial charge in [-0.2, -0.15) is 0 Å². The van der Waals surface area contributed by atoms with Crippen LogP contribution in [0.4, 0.5) is 5.69 Å². The molecule has 5 atom stereocenters. The molecule has 0 unspecified atom stereocenters. The molecule has 0 amide bonds. The van der Waals surface area contributed by atoms with Crippen molar-refractivity contribution in [3.8, 4) is 0 Å². The first-order valence-electron chi connectivity index (χ1n) is 15.6. The van der Waals surface area contributed by atoms with Crippen molar-refractivity contribution in [1.29, 1.82) is 0 Å². The molecular formula is C40H37N2O+. The van der Waals surface area contributed by atoms with Crippen molar-refractivity contribution in [2.45, 2.75) is 31.6 Å². The Morgan fingerprint density at radius 1 is 0.814 bits per heavy atom. The standard InChI is InChI=1S/C40H37N2O/c1-2-29-26-42(39-33-16-8-6-14-31(33)24-32-15-7-9-17-34(32)39)23-21-30(29)25-38(42)40(43-27-28-12-4-3-5-13-28)36-20-22-41-37-19-11-10-18-35(36)37/h2-20,22,24,29-30,38,40H,1,21,23,25-27H2/q+1/t29-,30-,38+,40-,42-/m0/s1. The average molecular weight is 562 g/mol. The number of aromatic nitrogens is 1. The summed E-state index contributed by atoms with van der Waals surface area (Å²) in [6.45, 7) is 7.07. The van der Waals surface area contributed by atoms with E-state index < -0.39 is 0 Å². The summed E-state index contributed by atoms with van der Waals surface area (Å²) >= 11 is 0. The predicted molar refractivity (Wildman–Crippen MR) is 179 cm³/mol. The minimum atomic E-state index is -0.0978. The quantitative estimate of drug-likeness (QED) is 0.110. The summed E-state index contributed by atoms with van der Waals surface area (Å²) in [5.74, 6) is 1.09. The van der Waals surface area contributed by atoms with Crippen LogP contribution >= 0.6 is 0 Å². The second-order valence-electron chi connectivity index (χ2n) is 12.5. The molecule has 3 aliphatic rings. The maximum atomic E-state index is 7.18. The zero-order valence-electron chi connectivity index (χ0n) is 24.5. The summed E-state index contributed by atoms with van der Waals surface area (Å²) in [6.07, 6.45) is 6.41. The van der Waals surface area contributed by atoms with Crippen LogP contribution in [0.2, 0.25) is 0 Å². The molecule has 0 aliphatic carbocycles. The summed E-state index contributed by atoms with van der Waals surface area (Å²) in [4.78, 5) is 4.74. The van der Waals surface area contributed by atoms with Crippen molar-refractivity contribution in [3.05, 3.63) is 145 Å². The third kappa shape index (κ3) is 4.38. The molecule has 3 nitrogen and oxygen atoms in total. The zero-order valence-corrected chi connectivity index (χ0v) is 24.5. The van der Waals surface area contributed by atoms with Crippen LogP contribution < -0.4 is 4.48 Å². The third-order valence-corrected chi connectivity index (χ3v) is 10.3. The fraction of sp³-hybridized carbons (Fsp3) is 0.225. The molecule has 212 valence electrons. The molecule has 4 heterocycles. The largest absolute Gasteiger partial charge is 0.363 e. The fourth-order valence-corrected chi connectivity index (χ4v) is 8.36. The van der Waals surface area contributed by atoms with Crippen molar-refractivity contribution in [2.24, 2.45) is 11.8 Å². The summed E-state index contributed by atoms with van der Waals surface area (Å²) in [7, 11) is 0. The van der Waals surface area contributed by atoms with E-state index in [-0.39, 0.29) is 12.1 Å². The van der Waals surface area contributed by atoms with Gasteiger partial charge in [0.05, 0.1) is 25.2 Å². The molecule has 3 heteroatoms. The van der Waals surface area contributed by atoms with Crippen LogP contribution in [0.15, 0.2) is 134 Å². The Morgan fingerprint density at radius 3 is 2.23 bits per heavy atom. The van der Waals surface area contributed by atoms with Crippen LogP contribution in [-0.2, 0) is 11.3 Å². The van der Waals surface area contributed by atoms with Gasteiger partial charge >= 0.3 is 0 Å². The molecule has 43 heavy (non-hydrogen) atoms. The second-order valence-corrected chi connectivity index (χ2v) is 12.5. The molecule has 5 aromatic carbocycles. The van der Waals surface area contributed by atoms with Crippen molar-refractivity contribution < 1.29 is 4.74 Å². The maximum absolute atomic E-state index is 7.18. The Balaban J connectivity index is 1.38. The van der Waals surface area contributed by atoms with Gasteiger partial charge in [0.25, 0.3) is 0 Å². The summed E-state index contributed by atoms with van der Waals surface area (Å²) in [5, 5.41) is 6.52. The van der Waals surface area contributed by atoms with E-state index in [0.29, 0.717) is 18.4 Å².